The van der Waals surface area contributed by atoms with Crippen molar-refractivity contribution in [1.29, 1.82) is 0 Å². The lowest BCUT2D eigenvalue weighted by atomic mass is 9.85. The van der Waals surface area contributed by atoms with Gasteiger partial charge in [0.05, 0.1) is 18.2 Å². The molecule has 0 aromatic carbocycles. The molecule has 0 aromatic rings. The van der Waals surface area contributed by atoms with Crippen LogP contribution >= 0.6 is 0 Å². The Morgan fingerprint density at radius 2 is 2.41 bits per heavy atom. The van der Waals surface area contributed by atoms with Crippen LogP contribution in [0.3, 0.4) is 0 Å². The molecule has 1 saturated heterocycles. The highest BCUT2D eigenvalue weighted by molar-refractivity contribution is 5.80. The number of ether oxygens (including phenoxy) is 2. The van der Waals surface area contributed by atoms with E-state index in [1.165, 1.54) is 0 Å². The van der Waals surface area contributed by atoms with E-state index in [-0.39, 0.29) is 12.6 Å². The summed E-state index contributed by atoms with van der Waals surface area (Å²) in [6.07, 6.45) is -0.0199. The number of aliphatic hydroxyl groups is 2. The van der Waals surface area contributed by atoms with E-state index in [1.807, 2.05) is 4.90 Å². The fraction of sp³-hybridized carbons (Fsp3) is 0.812. The molecule has 0 unspecified atom stereocenters. The lowest BCUT2D eigenvalue weighted by Gasteiger charge is -2.34. The number of nitrogens with zero attached hydrogens (tertiary/aromatic N) is 1. The highest BCUT2D eigenvalue weighted by atomic mass is 16.6. The van der Waals surface area contributed by atoms with Gasteiger partial charge in [0, 0.05) is 29.8 Å². The normalized spacial score (nSPS) is 35.5. The van der Waals surface area contributed by atoms with Crippen molar-refractivity contribution >= 4 is 5.97 Å². The summed E-state index contributed by atoms with van der Waals surface area (Å²) in [5, 5.41) is 21.2. The van der Waals surface area contributed by atoms with Crippen molar-refractivity contribution in [2.24, 2.45) is 5.89 Å². The standard InChI is InChI=1S/C16H27NO5/c1-10(2)16(20,11(3)21-4)15(19)22-9-12-5-7-17-8-6-13(18)14(12)17/h5,10-11,13-14,18,20H,6-9H2,1-4H3/t11-,13+,14-,16+/m1/s1/i1D3,2D3,10D. The molecule has 2 aliphatic heterocycles. The van der Waals surface area contributed by atoms with Crippen LogP contribution in [-0.2, 0) is 14.3 Å². The van der Waals surface area contributed by atoms with Crippen LogP contribution in [-0.4, -0.2) is 71.7 Å². The molecule has 22 heavy (non-hydrogen) atoms. The van der Waals surface area contributed by atoms with E-state index in [9.17, 15) is 15.0 Å². The Hall–Kier alpha value is -0.950. The predicted molar refractivity (Wildman–Crippen MR) is 81.3 cm³/mol. The maximum Gasteiger partial charge on any atom is 0.341 e. The molecule has 2 rings (SSSR count). The average molecular weight is 320 g/mol. The first-order valence-electron chi connectivity index (χ1n) is 10.7. The second-order valence-electron chi connectivity index (χ2n) is 5.67. The highest BCUT2D eigenvalue weighted by Crippen LogP contribution is 2.30. The first-order chi connectivity index (χ1) is 13.1. The fourth-order valence-electron chi connectivity index (χ4n) is 2.93. The van der Waals surface area contributed by atoms with E-state index in [4.69, 9.17) is 19.1 Å². The molecule has 0 bridgehead atoms. The summed E-state index contributed by atoms with van der Waals surface area (Å²) in [5.74, 6) is -5.19. The van der Waals surface area contributed by atoms with Crippen molar-refractivity contribution in [1.82, 2.24) is 4.90 Å². The number of rotatable bonds is 6. The number of carbonyl (C=O) groups excluding carboxylic acids is 1. The van der Waals surface area contributed by atoms with Crippen molar-refractivity contribution in [2.45, 2.75) is 50.9 Å². The molecule has 0 aliphatic carbocycles. The van der Waals surface area contributed by atoms with Crippen LogP contribution in [0.5, 0.6) is 0 Å². The van der Waals surface area contributed by atoms with Gasteiger partial charge in [0.15, 0.2) is 5.60 Å². The molecule has 0 saturated carbocycles. The van der Waals surface area contributed by atoms with Crippen molar-refractivity contribution in [2.75, 3.05) is 26.8 Å². The number of carbonyl (C=O) groups is 1. The van der Waals surface area contributed by atoms with Gasteiger partial charge in [-0.3, -0.25) is 4.90 Å². The minimum atomic E-state index is -3.61. The van der Waals surface area contributed by atoms with Crippen LogP contribution < -0.4 is 0 Å². The SMILES string of the molecule is [2H]C([2H])([2H])C([2H])(C([2H])([2H])[2H])[C@@](O)(C(=O)OCC1=CCN2CC[C@H](O)[C@@H]12)[C@@H](C)OC. The van der Waals surface area contributed by atoms with Crippen molar-refractivity contribution in [3.63, 3.8) is 0 Å². The zero-order chi connectivity index (χ0) is 22.4. The maximum absolute atomic E-state index is 12.9. The first-order valence-corrected chi connectivity index (χ1v) is 7.16. The summed E-state index contributed by atoms with van der Waals surface area (Å²) in [6.45, 7) is -5.21. The fourth-order valence-corrected chi connectivity index (χ4v) is 2.93. The Labute approximate surface area is 141 Å². The summed E-state index contributed by atoms with van der Waals surface area (Å²) in [5.41, 5.74) is -2.75. The molecular formula is C16H27NO5. The number of esters is 1. The van der Waals surface area contributed by atoms with Gasteiger partial charge in [0.1, 0.15) is 6.61 Å². The Morgan fingerprint density at radius 1 is 1.68 bits per heavy atom. The van der Waals surface area contributed by atoms with Gasteiger partial charge < -0.3 is 19.7 Å². The molecule has 6 nitrogen and oxygen atoms in total. The van der Waals surface area contributed by atoms with Crippen LogP contribution in [0, 0.1) is 5.89 Å². The molecule has 0 amide bonds. The molecule has 1 fully saturated rings. The van der Waals surface area contributed by atoms with Crippen molar-refractivity contribution in [3.8, 4) is 0 Å². The number of hydrogen-bond acceptors (Lipinski definition) is 6. The van der Waals surface area contributed by atoms with E-state index in [0.717, 1.165) is 14.0 Å². The largest absolute Gasteiger partial charge is 0.459 e. The van der Waals surface area contributed by atoms with Crippen molar-refractivity contribution < 1.29 is 34.1 Å². The second kappa shape index (κ2) is 6.66. The summed E-state index contributed by atoms with van der Waals surface area (Å²) in [4.78, 5) is 14.8. The Balaban J connectivity index is 2.35. The van der Waals surface area contributed by atoms with Crippen LogP contribution in [0.25, 0.3) is 0 Å². The summed E-state index contributed by atoms with van der Waals surface area (Å²) in [6, 6.07) is -0.360. The predicted octanol–water partition coefficient (Wildman–Crippen LogP) is 0.327. The lowest BCUT2D eigenvalue weighted by Crippen LogP contribution is -2.54. The van der Waals surface area contributed by atoms with E-state index in [2.05, 4.69) is 0 Å². The summed E-state index contributed by atoms with van der Waals surface area (Å²) < 4.78 is 63.8. The monoisotopic (exact) mass is 320 g/mol. The number of fused-ring (bicyclic) bond motifs is 1. The number of methoxy groups -OCH3 is 1. The Bertz CT molecular complexity index is 651. The van der Waals surface area contributed by atoms with Gasteiger partial charge in [0.2, 0.25) is 0 Å². The highest BCUT2D eigenvalue weighted by Gasteiger charge is 2.47. The molecule has 2 aliphatic rings. The Morgan fingerprint density at radius 3 is 3.05 bits per heavy atom. The van der Waals surface area contributed by atoms with Crippen LogP contribution in [0.2, 0.25) is 0 Å². The zero-order valence-electron chi connectivity index (χ0n) is 19.7. The molecule has 0 radical (unpaired) electrons. The first kappa shape index (κ1) is 10.0. The quantitative estimate of drug-likeness (QED) is 0.542. The van der Waals surface area contributed by atoms with Gasteiger partial charge in [-0.15, -0.1) is 0 Å². The molecular weight excluding hydrogens is 286 g/mol. The van der Waals surface area contributed by atoms with Crippen LogP contribution in [0.15, 0.2) is 11.6 Å². The van der Waals surface area contributed by atoms with Gasteiger partial charge in [-0.2, -0.15) is 0 Å². The van der Waals surface area contributed by atoms with Gasteiger partial charge in [-0.25, -0.2) is 4.79 Å². The number of hydrogen-bond donors (Lipinski definition) is 2. The van der Waals surface area contributed by atoms with Gasteiger partial charge in [-0.1, -0.05) is 19.8 Å². The van der Waals surface area contributed by atoms with E-state index < -0.39 is 43.4 Å². The maximum atomic E-state index is 12.9. The van der Waals surface area contributed by atoms with Gasteiger partial charge in [-0.05, 0) is 24.8 Å². The smallest absolute Gasteiger partial charge is 0.341 e. The minimum absolute atomic E-state index is 0.360. The third kappa shape index (κ3) is 2.93. The van der Waals surface area contributed by atoms with E-state index in [1.54, 1.807) is 6.08 Å². The summed E-state index contributed by atoms with van der Waals surface area (Å²) in [7, 11) is 1.05. The molecule has 2 heterocycles. The number of aliphatic hydroxyl groups excluding tert-OH is 1. The van der Waals surface area contributed by atoms with Crippen molar-refractivity contribution in [3.05, 3.63) is 11.6 Å². The third-order valence-electron chi connectivity index (χ3n) is 4.44. The third-order valence-corrected chi connectivity index (χ3v) is 4.44. The topological polar surface area (TPSA) is 79.2 Å². The zero-order valence-corrected chi connectivity index (χ0v) is 12.7. The van der Waals surface area contributed by atoms with E-state index in [0.29, 0.717) is 25.1 Å². The average Bonchev–Trinajstić information content (AvgIpc) is 3.18. The molecule has 0 aromatic heterocycles. The van der Waals surface area contributed by atoms with E-state index >= 15 is 0 Å². The molecule has 4 atom stereocenters. The van der Waals surface area contributed by atoms with Crippen LogP contribution in [0.4, 0.5) is 0 Å². The minimum Gasteiger partial charge on any atom is -0.459 e. The summed E-state index contributed by atoms with van der Waals surface area (Å²) >= 11 is 0. The molecule has 0 spiro atoms. The Kier molecular flexibility index (Phi) is 3.04. The van der Waals surface area contributed by atoms with Crippen LogP contribution in [0.1, 0.15) is 36.6 Å². The van der Waals surface area contributed by atoms with Gasteiger partial charge in [0.25, 0.3) is 0 Å². The second-order valence-corrected chi connectivity index (χ2v) is 5.67. The lowest BCUT2D eigenvalue weighted by molar-refractivity contribution is -0.186. The molecule has 2 N–H and O–H groups in total. The molecule has 126 valence electrons. The van der Waals surface area contributed by atoms with Gasteiger partial charge >= 0.3 is 5.97 Å². The molecule has 6 heteroatoms.